The van der Waals surface area contributed by atoms with E-state index in [1.807, 2.05) is 12.1 Å². The molecular formula is C16H26ClNO. The molecule has 1 aromatic carbocycles. The van der Waals surface area contributed by atoms with Crippen molar-refractivity contribution >= 4 is 12.4 Å². The highest BCUT2D eigenvalue weighted by molar-refractivity contribution is 5.85. The first-order chi connectivity index (χ1) is 8.70. The second-order valence-electron chi connectivity index (χ2n) is 5.68. The van der Waals surface area contributed by atoms with Crippen molar-refractivity contribution in [3.8, 4) is 5.75 Å². The first-order valence-electron chi connectivity index (χ1n) is 7.20. The fourth-order valence-corrected chi connectivity index (χ4v) is 3.33. The van der Waals surface area contributed by atoms with E-state index in [1.54, 1.807) is 6.07 Å². The number of hydrogen-bond donors (Lipinski definition) is 2. The quantitative estimate of drug-likeness (QED) is 0.858. The van der Waals surface area contributed by atoms with Crippen LogP contribution in [0.25, 0.3) is 0 Å². The molecule has 2 N–H and O–H groups in total. The predicted octanol–water partition coefficient (Wildman–Crippen LogP) is 3.94. The molecule has 3 heteroatoms. The van der Waals surface area contributed by atoms with Gasteiger partial charge in [-0.05, 0) is 67.8 Å². The Morgan fingerprint density at radius 3 is 2.79 bits per heavy atom. The Bertz CT molecular complexity index is 377. The molecule has 1 unspecified atom stereocenters. The van der Waals surface area contributed by atoms with Crippen molar-refractivity contribution in [2.45, 2.75) is 39.0 Å². The van der Waals surface area contributed by atoms with Crippen molar-refractivity contribution in [2.24, 2.45) is 11.8 Å². The molecule has 1 heterocycles. The lowest BCUT2D eigenvalue weighted by Crippen LogP contribution is -2.16. The summed E-state index contributed by atoms with van der Waals surface area (Å²) in [5.41, 5.74) is 1.29. The maximum Gasteiger partial charge on any atom is 0.115 e. The molecule has 1 fully saturated rings. The third-order valence-corrected chi connectivity index (χ3v) is 4.29. The van der Waals surface area contributed by atoms with Crippen molar-refractivity contribution < 1.29 is 5.11 Å². The SMILES string of the molecule is CC[C@@H](c1cccc(O)c1)[C@H](C)CC1CCNC1.Cl. The molecule has 1 saturated heterocycles. The summed E-state index contributed by atoms with van der Waals surface area (Å²) in [4.78, 5) is 0. The first kappa shape index (κ1) is 16.3. The second-order valence-corrected chi connectivity index (χ2v) is 5.68. The Balaban J connectivity index is 0.00000180. The number of nitrogens with one attached hydrogen (secondary N) is 1. The van der Waals surface area contributed by atoms with Gasteiger partial charge >= 0.3 is 0 Å². The summed E-state index contributed by atoms with van der Waals surface area (Å²) >= 11 is 0. The van der Waals surface area contributed by atoms with Crippen LogP contribution in [0.5, 0.6) is 5.75 Å². The lowest BCUT2D eigenvalue weighted by Gasteiger charge is -2.25. The van der Waals surface area contributed by atoms with E-state index >= 15 is 0 Å². The zero-order valence-electron chi connectivity index (χ0n) is 11.9. The Labute approximate surface area is 123 Å². The van der Waals surface area contributed by atoms with E-state index in [2.05, 4.69) is 25.2 Å². The molecule has 0 saturated carbocycles. The van der Waals surface area contributed by atoms with Gasteiger partial charge < -0.3 is 10.4 Å². The van der Waals surface area contributed by atoms with Crippen LogP contribution in [-0.4, -0.2) is 18.2 Å². The van der Waals surface area contributed by atoms with Gasteiger partial charge in [-0.2, -0.15) is 0 Å². The highest BCUT2D eigenvalue weighted by Gasteiger charge is 2.23. The van der Waals surface area contributed by atoms with E-state index in [1.165, 1.54) is 31.5 Å². The lowest BCUT2D eigenvalue weighted by molar-refractivity contribution is 0.350. The summed E-state index contributed by atoms with van der Waals surface area (Å²) in [6, 6.07) is 7.79. The lowest BCUT2D eigenvalue weighted by atomic mass is 9.80. The zero-order valence-corrected chi connectivity index (χ0v) is 12.7. The van der Waals surface area contributed by atoms with Gasteiger partial charge in [-0.25, -0.2) is 0 Å². The van der Waals surface area contributed by atoms with E-state index in [0.29, 0.717) is 17.6 Å². The van der Waals surface area contributed by atoms with Gasteiger partial charge in [0.1, 0.15) is 5.75 Å². The van der Waals surface area contributed by atoms with Crippen LogP contribution in [0.4, 0.5) is 0 Å². The fraction of sp³-hybridized carbons (Fsp3) is 0.625. The van der Waals surface area contributed by atoms with Crippen LogP contribution in [0.1, 0.15) is 44.6 Å². The van der Waals surface area contributed by atoms with E-state index in [4.69, 9.17) is 0 Å². The number of hydrogen-bond acceptors (Lipinski definition) is 2. The van der Waals surface area contributed by atoms with Crippen LogP contribution in [0.15, 0.2) is 24.3 Å². The van der Waals surface area contributed by atoms with E-state index in [0.717, 1.165) is 12.3 Å². The Kier molecular flexibility index (Phi) is 6.67. The highest BCUT2D eigenvalue weighted by atomic mass is 35.5. The number of phenols is 1. The van der Waals surface area contributed by atoms with Crippen molar-refractivity contribution in [3.63, 3.8) is 0 Å². The Morgan fingerprint density at radius 1 is 1.42 bits per heavy atom. The van der Waals surface area contributed by atoms with Gasteiger partial charge in [0, 0.05) is 0 Å². The summed E-state index contributed by atoms with van der Waals surface area (Å²) in [5, 5.41) is 13.1. The normalized spacial score (nSPS) is 21.7. The molecule has 2 rings (SSSR count). The van der Waals surface area contributed by atoms with E-state index in [-0.39, 0.29) is 12.4 Å². The number of rotatable bonds is 5. The Morgan fingerprint density at radius 2 is 2.21 bits per heavy atom. The smallest absolute Gasteiger partial charge is 0.115 e. The van der Waals surface area contributed by atoms with Crippen LogP contribution >= 0.6 is 12.4 Å². The standard InChI is InChI=1S/C16H25NO.ClH/c1-3-16(14-5-4-6-15(18)10-14)12(2)9-13-7-8-17-11-13;/h4-6,10,12-13,16-18H,3,7-9,11H2,1-2H3;1H/t12-,13?,16-;/m1./s1. The van der Waals surface area contributed by atoms with Crippen LogP contribution < -0.4 is 5.32 Å². The molecular weight excluding hydrogens is 258 g/mol. The van der Waals surface area contributed by atoms with Crippen molar-refractivity contribution in [2.75, 3.05) is 13.1 Å². The van der Waals surface area contributed by atoms with E-state index < -0.39 is 0 Å². The molecule has 108 valence electrons. The average molecular weight is 284 g/mol. The highest BCUT2D eigenvalue weighted by Crippen LogP contribution is 2.34. The van der Waals surface area contributed by atoms with Gasteiger partial charge in [0.15, 0.2) is 0 Å². The maximum atomic E-state index is 9.61. The van der Waals surface area contributed by atoms with Gasteiger partial charge in [0.2, 0.25) is 0 Å². The molecule has 19 heavy (non-hydrogen) atoms. The molecule has 1 aromatic rings. The van der Waals surface area contributed by atoms with Gasteiger partial charge in [-0.15, -0.1) is 12.4 Å². The van der Waals surface area contributed by atoms with Crippen molar-refractivity contribution in [1.29, 1.82) is 0 Å². The minimum absolute atomic E-state index is 0. The monoisotopic (exact) mass is 283 g/mol. The summed E-state index contributed by atoms with van der Waals surface area (Å²) in [7, 11) is 0. The maximum absolute atomic E-state index is 9.61. The molecule has 0 aliphatic carbocycles. The summed E-state index contributed by atoms with van der Waals surface area (Å²) in [6.45, 7) is 6.97. The van der Waals surface area contributed by atoms with Crippen LogP contribution in [0.2, 0.25) is 0 Å². The molecule has 0 radical (unpaired) electrons. The summed E-state index contributed by atoms with van der Waals surface area (Å²) < 4.78 is 0. The largest absolute Gasteiger partial charge is 0.508 e. The first-order valence-corrected chi connectivity index (χ1v) is 7.20. The fourth-order valence-electron chi connectivity index (χ4n) is 3.33. The number of phenolic OH excluding ortho intramolecular Hbond substituents is 1. The molecule has 1 aliphatic rings. The average Bonchev–Trinajstić information content (AvgIpc) is 2.83. The molecule has 0 amide bonds. The molecule has 0 bridgehead atoms. The minimum Gasteiger partial charge on any atom is -0.508 e. The number of halogens is 1. The molecule has 2 nitrogen and oxygen atoms in total. The zero-order chi connectivity index (χ0) is 13.0. The predicted molar refractivity (Wildman–Crippen MR) is 83.1 cm³/mol. The van der Waals surface area contributed by atoms with Crippen LogP contribution in [0, 0.1) is 11.8 Å². The molecule has 0 aromatic heterocycles. The Hall–Kier alpha value is -0.730. The van der Waals surface area contributed by atoms with Crippen LogP contribution in [0.3, 0.4) is 0 Å². The second kappa shape index (κ2) is 7.76. The molecule has 3 atom stereocenters. The van der Waals surface area contributed by atoms with Gasteiger partial charge in [0.05, 0.1) is 0 Å². The van der Waals surface area contributed by atoms with Crippen LogP contribution in [-0.2, 0) is 0 Å². The number of aromatic hydroxyl groups is 1. The minimum atomic E-state index is 0. The van der Waals surface area contributed by atoms with Crippen molar-refractivity contribution in [3.05, 3.63) is 29.8 Å². The third-order valence-electron chi connectivity index (χ3n) is 4.29. The molecule has 0 spiro atoms. The number of benzene rings is 1. The third kappa shape index (κ3) is 4.39. The summed E-state index contributed by atoms with van der Waals surface area (Å²) in [5.74, 6) is 2.48. The van der Waals surface area contributed by atoms with Gasteiger partial charge in [-0.1, -0.05) is 26.0 Å². The van der Waals surface area contributed by atoms with Gasteiger partial charge in [0.25, 0.3) is 0 Å². The van der Waals surface area contributed by atoms with Crippen molar-refractivity contribution in [1.82, 2.24) is 5.32 Å². The topological polar surface area (TPSA) is 32.3 Å². The van der Waals surface area contributed by atoms with E-state index in [9.17, 15) is 5.11 Å². The summed E-state index contributed by atoms with van der Waals surface area (Å²) in [6.07, 6.45) is 3.76. The van der Waals surface area contributed by atoms with Gasteiger partial charge in [-0.3, -0.25) is 0 Å². The molecule has 1 aliphatic heterocycles.